The van der Waals surface area contributed by atoms with E-state index in [9.17, 15) is 18.8 Å². The minimum Gasteiger partial charge on any atom is -0.332 e. The summed E-state index contributed by atoms with van der Waals surface area (Å²) in [7, 11) is 0. The van der Waals surface area contributed by atoms with Crippen LogP contribution in [0.4, 0.5) is 10.2 Å². The van der Waals surface area contributed by atoms with Gasteiger partial charge in [0.1, 0.15) is 29.5 Å². The molecule has 2 aliphatic rings. The van der Waals surface area contributed by atoms with E-state index in [1.165, 1.54) is 16.6 Å². The molecule has 2 N–H and O–H groups in total. The molecule has 5 rings (SSSR count). The maximum Gasteiger partial charge on any atom is 0.280 e. The van der Waals surface area contributed by atoms with Crippen LogP contribution >= 0.6 is 0 Å². The highest BCUT2D eigenvalue weighted by molar-refractivity contribution is 5.98. The van der Waals surface area contributed by atoms with Crippen molar-refractivity contribution in [3.63, 3.8) is 0 Å². The van der Waals surface area contributed by atoms with Crippen LogP contribution in [-0.4, -0.2) is 55.5 Å². The minimum absolute atomic E-state index is 0.193. The molecule has 0 bridgehead atoms. The molecule has 32 heavy (non-hydrogen) atoms. The summed E-state index contributed by atoms with van der Waals surface area (Å²) >= 11 is 0. The first-order valence-corrected chi connectivity index (χ1v) is 10.5. The summed E-state index contributed by atoms with van der Waals surface area (Å²) < 4.78 is 15.9. The Hall–Kier alpha value is -3.60. The van der Waals surface area contributed by atoms with Gasteiger partial charge in [0.2, 0.25) is 5.91 Å². The Morgan fingerprint density at radius 3 is 2.78 bits per heavy atom. The van der Waals surface area contributed by atoms with Crippen molar-refractivity contribution in [1.29, 1.82) is 0 Å². The van der Waals surface area contributed by atoms with Crippen LogP contribution < -0.4 is 16.2 Å². The lowest BCUT2D eigenvalue weighted by Crippen LogP contribution is -2.48. The lowest BCUT2D eigenvalue weighted by Gasteiger charge is -2.30. The van der Waals surface area contributed by atoms with Crippen molar-refractivity contribution >= 4 is 23.3 Å². The Balaban J connectivity index is 1.53. The number of aryl methyl sites for hydroxylation is 1. The number of anilines is 1. The van der Waals surface area contributed by atoms with E-state index in [0.717, 1.165) is 19.3 Å². The molecule has 0 aliphatic carbocycles. The van der Waals surface area contributed by atoms with Crippen molar-refractivity contribution in [2.24, 2.45) is 5.92 Å². The third-order valence-electron chi connectivity index (χ3n) is 5.87. The highest BCUT2D eigenvalue weighted by Crippen LogP contribution is 2.24. The molecule has 0 radical (unpaired) electrons. The molecule has 3 aromatic heterocycles. The summed E-state index contributed by atoms with van der Waals surface area (Å²) in [6.45, 7) is 4.11. The molecular weight excluding hydrogens is 417 g/mol. The quantitative estimate of drug-likeness (QED) is 0.575. The number of carbonyl (C=O) groups is 2. The van der Waals surface area contributed by atoms with Gasteiger partial charge in [-0.2, -0.15) is 9.61 Å². The van der Waals surface area contributed by atoms with Crippen molar-refractivity contribution < 1.29 is 14.0 Å². The Kier molecular flexibility index (Phi) is 4.97. The van der Waals surface area contributed by atoms with Crippen LogP contribution in [-0.2, 0) is 24.3 Å². The lowest BCUT2D eigenvalue weighted by atomic mass is 10.0. The van der Waals surface area contributed by atoms with Gasteiger partial charge in [-0.05, 0) is 18.6 Å². The molecule has 10 nitrogen and oxygen atoms in total. The van der Waals surface area contributed by atoms with Crippen LogP contribution in [0.15, 0.2) is 29.2 Å². The van der Waals surface area contributed by atoms with E-state index in [0.29, 0.717) is 35.8 Å². The first-order valence-electron chi connectivity index (χ1n) is 10.5. The molecule has 2 amide bonds. The van der Waals surface area contributed by atoms with Crippen LogP contribution in [0, 0.1) is 11.7 Å². The first-order chi connectivity index (χ1) is 15.4. The van der Waals surface area contributed by atoms with E-state index in [1.54, 1.807) is 15.5 Å². The van der Waals surface area contributed by atoms with Gasteiger partial charge in [-0.1, -0.05) is 6.92 Å². The predicted octanol–water partition coefficient (Wildman–Crippen LogP) is 0.406. The fraction of sp³-hybridized carbons (Fsp3) is 0.381. The van der Waals surface area contributed by atoms with Crippen molar-refractivity contribution in [2.75, 3.05) is 25.0 Å². The van der Waals surface area contributed by atoms with E-state index in [-0.39, 0.29) is 36.1 Å². The third kappa shape index (κ3) is 3.44. The lowest BCUT2D eigenvalue weighted by molar-refractivity contribution is -0.116. The molecular formula is C21H22FN7O3. The normalized spacial score (nSPS) is 15.8. The molecule has 0 spiro atoms. The van der Waals surface area contributed by atoms with Crippen molar-refractivity contribution in [1.82, 2.24) is 29.4 Å². The third-order valence-corrected chi connectivity index (χ3v) is 5.87. The standard InChI is InChI=1S/C21H22FN7O3/c1-2-14-5-18-28(11-17(30)25-16-4-3-13(22)8-24-16)19-15(20(31)29(18)26-14)10-27(21(19)32)9-12-6-23-7-12/h3-5,8,12,23H,2,6-7,9-11H2,1H3,(H,24,25,30). The molecule has 1 fully saturated rings. The van der Waals surface area contributed by atoms with Crippen LogP contribution in [0.2, 0.25) is 0 Å². The fourth-order valence-electron chi connectivity index (χ4n) is 4.11. The monoisotopic (exact) mass is 439 g/mol. The number of halogens is 1. The number of carbonyl (C=O) groups excluding carboxylic acids is 2. The van der Waals surface area contributed by atoms with E-state index in [4.69, 9.17) is 0 Å². The zero-order chi connectivity index (χ0) is 22.4. The Labute approximate surface area is 182 Å². The van der Waals surface area contributed by atoms with Crippen LogP contribution in [0.1, 0.15) is 28.7 Å². The summed E-state index contributed by atoms with van der Waals surface area (Å²) in [4.78, 5) is 44.7. The Morgan fingerprint density at radius 2 is 2.12 bits per heavy atom. The fourth-order valence-corrected chi connectivity index (χ4v) is 4.11. The average Bonchev–Trinajstić information content (AvgIpc) is 3.32. The average molecular weight is 439 g/mol. The number of fused-ring (bicyclic) bond motifs is 2. The van der Waals surface area contributed by atoms with E-state index in [2.05, 4.69) is 20.7 Å². The molecule has 0 saturated carbocycles. The summed E-state index contributed by atoms with van der Waals surface area (Å²) in [5.74, 6) is -0.690. The van der Waals surface area contributed by atoms with Gasteiger partial charge in [-0.3, -0.25) is 14.4 Å². The van der Waals surface area contributed by atoms with Gasteiger partial charge in [0.15, 0.2) is 0 Å². The molecule has 1 saturated heterocycles. The van der Waals surface area contributed by atoms with Gasteiger partial charge in [0, 0.05) is 31.6 Å². The molecule has 5 heterocycles. The highest BCUT2D eigenvalue weighted by atomic mass is 19.1. The van der Waals surface area contributed by atoms with Crippen molar-refractivity contribution in [3.05, 3.63) is 57.5 Å². The number of nitrogens with one attached hydrogen (secondary N) is 2. The molecule has 0 aromatic carbocycles. The van der Waals surface area contributed by atoms with Gasteiger partial charge in [0.25, 0.3) is 11.5 Å². The van der Waals surface area contributed by atoms with E-state index in [1.807, 2.05) is 6.92 Å². The summed E-state index contributed by atoms with van der Waals surface area (Å²) in [5.41, 5.74) is 1.29. The van der Waals surface area contributed by atoms with Crippen molar-refractivity contribution in [2.45, 2.75) is 26.4 Å². The summed E-state index contributed by atoms with van der Waals surface area (Å²) in [5, 5.41) is 10.2. The van der Waals surface area contributed by atoms with Crippen LogP contribution in [0.5, 0.6) is 0 Å². The zero-order valence-corrected chi connectivity index (χ0v) is 17.5. The zero-order valence-electron chi connectivity index (χ0n) is 17.5. The second-order valence-corrected chi connectivity index (χ2v) is 8.10. The topological polar surface area (TPSA) is 114 Å². The summed E-state index contributed by atoms with van der Waals surface area (Å²) in [6, 6.07) is 4.27. The van der Waals surface area contributed by atoms with Gasteiger partial charge >= 0.3 is 0 Å². The highest BCUT2D eigenvalue weighted by Gasteiger charge is 2.36. The maximum atomic E-state index is 13.3. The van der Waals surface area contributed by atoms with Crippen LogP contribution in [0.3, 0.4) is 0 Å². The smallest absolute Gasteiger partial charge is 0.280 e. The number of pyridine rings is 1. The Morgan fingerprint density at radius 1 is 1.31 bits per heavy atom. The molecule has 11 heteroatoms. The molecule has 3 aromatic rings. The second kappa shape index (κ2) is 7.83. The molecule has 0 atom stereocenters. The maximum absolute atomic E-state index is 13.3. The predicted molar refractivity (Wildman–Crippen MR) is 113 cm³/mol. The Bertz CT molecular complexity index is 1280. The summed E-state index contributed by atoms with van der Waals surface area (Å²) in [6.07, 6.45) is 1.61. The molecule has 0 unspecified atom stereocenters. The second-order valence-electron chi connectivity index (χ2n) is 8.10. The number of hydrogen-bond donors (Lipinski definition) is 2. The van der Waals surface area contributed by atoms with Crippen LogP contribution in [0.25, 0.3) is 5.65 Å². The van der Waals surface area contributed by atoms with Crippen molar-refractivity contribution in [3.8, 4) is 0 Å². The molecule has 166 valence electrons. The van der Waals surface area contributed by atoms with Gasteiger partial charge in [0.05, 0.1) is 24.0 Å². The van der Waals surface area contributed by atoms with Gasteiger partial charge < -0.3 is 20.1 Å². The number of nitrogens with zero attached hydrogens (tertiary/aromatic N) is 5. The number of amides is 2. The van der Waals surface area contributed by atoms with E-state index < -0.39 is 11.7 Å². The first kappa shape index (κ1) is 20.3. The number of aromatic nitrogens is 4. The number of rotatable bonds is 6. The van der Waals surface area contributed by atoms with Gasteiger partial charge in [-0.25, -0.2) is 9.37 Å². The van der Waals surface area contributed by atoms with Gasteiger partial charge in [-0.15, -0.1) is 0 Å². The number of hydrogen-bond acceptors (Lipinski definition) is 6. The minimum atomic E-state index is -0.512. The van der Waals surface area contributed by atoms with E-state index >= 15 is 0 Å². The molecule has 2 aliphatic heterocycles. The SMILES string of the molecule is CCc1cc2n(CC(=O)Nc3ccc(F)cn3)c3c(c(=O)n2n1)CN(CC1CNC1)C3=O. The largest absolute Gasteiger partial charge is 0.332 e.